The molecule has 1 aliphatic heterocycles. The summed E-state index contributed by atoms with van der Waals surface area (Å²) in [6.45, 7) is 2.25. The predicted molar refractivity (Wildman–Crippen MR) is 110 cm³/mol. The quantitative estimate of drug-likeness (QED) is 0.606. The number of carboxylic acid groups (broad SMARTS) is 2. The van der Waals surface area contributed by atoms with E-state index >= 15 is 0 Å². The third kappa shape index (κ3) is 6.05. The molecule has 1 aromatic carbocycles. The van der Waals surface area contributed by atoms with Crippen molar-refractivity contribution in [1.29, 1.82) is 0 Å². The highest BCUT2D eigenvalue weighted by Crippen LogP contribution is 2.47. The van der Waals surface area contributed by atoms with Gasteiger partial charge < -0.3 is 19.8 Å². The highest BCUT2D eigenvalue weighted by Gasteiger charge is 2.45. The van der Waals surface area contributed by atoms with Crippen LogP contribution >= 0.6 is 0 Å². The Balaban J connectivity index is 1.72. The molecular weight excluding hydrogens is 386 g/mol. The largest absolute Gasteiger partial charge is 0.481 e. The van der Waals surface area contributed by atoms with Crippen molar-refractivity contribution in [3.8, 4) is 0 Å². The molecule has 0 bridgehead atoms. The first kappa shape index (κ1) is 22.3. The molecule has 1 heterocycles. The number of ether oxygens (including phenoxy) is 1. The minimum absolute atomic E-state index is 0.0239. The number of nitrogens with zero attached hydrogens (tertiary/aromatic N) is 1. The summed E-state index contributed by atoms with van der Waals surface area (Å²) >= 11 is 0. The summed E-state index contributed by atoms with van der Waals surface area (Å²) in [6.07, 6.45) is 2.72. The number of hydrogen-bond acceptors (Lipinski definition) is 4. The second-order valence-electron chi connectivity index (χ2n) is 8.57. The summed E-state index contributed by atoms with van der Waals surface area (Å²) in [5.74, 6) is -2.44. The van der Waals surface area contributed by atoms with Crippen molar-refractivity contribution < 1.29 is 29.3 Å². The fourth-order valence-electron chi connectivity index (χ4n) is 5.12. The summed E-state index contributed by atoms with van der Waals surface area (Å²) in [7, 11) is 0. The Hall–Kier alpha value is -2.41. The molecule has 1 saturated carbocycles. The minimum atomic E-state index is -0.904. The minimum Gasteiger partial charge on any atom is -0.481 e. The number of hydrogen-bond donors (Lipinski definition) is 2. The average Bonchev–Trinajstić information content (AvgIpc) is 3.32. The monoisotopic (exact) mass is 417 g/mol. The molecule has 0 spiro atoms. The molecule has 30 heavy (non-hydrogen) atoms. The van der Waals surface area contributed by atoms with Crippen LogP contribution in [0.3, 0.4) is 0 Å². The lowest BCUT2D eigenvalue weighted by atomic mass is 9.82. The Labute approximate surface area is 177 Å². The molecule has 7 nitrogen and oxygen atoms in total. The normalized spacial score (nSPS) is 26.1. The number of carbonyl (C=O) groups is 3. The molecule has 0 aromatic heterocycles. The zero-order valence-corrected chi connectivity index (χ0v) is 17.2. The van der Waals surface area contributed by atoms with Crippen LogP contribution in [-0.2, 0) is 25.7 Å². The Morgan fingerprint density at radius 2 is 1.50 bits per heavy atom. The third-order valence-electron chi connectivity index (χ3n) is 6.53. The number of amides is 1. The Morgan fingerprint density at radius 3 is 2.10 bits per heavy atom. The van der Waals surface area contributed by atoms with Crippen LogP contribution in [0.5, 0.6) is 0 Å². The van der Waals surface area contributed by atoms with E-state index in [4.69, 9.17) is 4.74 Å². The van der Waals surface area contributed by atoms with Gasteiger partial charge in [-0.3, -0.25) is 14.4 Å². The number of benzene rings is 1. The van der Waals surface area contributed by atoms with Crippen molar-refractivity contribution in [3.63, 3.8) is 0 Å². The Kier molecular flexibility index (Phi) is 7.85. The first-order valence-electron chi connectivity index (χ1n) is 10.8. The first-order valence-corrected chi connectivity index (χ1v) is 10.8. The molecule has 4 unspecified atom stereocenters. The van der Waals surface area contributed by atoms with Gasteiger partial charge in [0.15, 0.2) is 0 Å². The van der Waals surface area contributed by atoms with E-state index in [9.17, 15) is 24.6 Å². The SMILES string of the molecule is O=C(O)CC1CC(CC(=O)O)C(CC(=O)N2CCCC2)C1COCc1ccccc1. The van der Waals surface area contributed by atoms with Crippen LogP contribution in [0.2, 0.25) is 0 Å². The third-order valence-corrected chi connectivity index (χ3v) is 6.53. The lowest BCUT2D eigenvalue weighted by Crippen LogP contribution is -2.33. The fraction of sp³-hybridized carbons (Fsp3) is 0.609. The molecule has 1 aromatic rings. The van der Waals surface area contributed by atoms with Crippen molar-refractivity contribution >= 4 is 17.8 Å². The standard InChI is InChI=1S/C23H31NO6/c25-21(24-8-4-5-9-24)13-19-17(11-22(26)27)10-18(12-23(28)29)20(19)15-30-14-16-6-2-1-3-7-16/h1-3,6-7,17-20H,4-5,8-15H2,(H,26,27)(H,28,29). The van der Waals surface area contributed by atoms with Gasteiger partial charge in [0.25, 0.3) is 0 Å². The summed E-state index contributed by atoms with van der Waals surface area (Å²) < 4.78 is 5.94. The van der Waals surface area contributed by atoms with Gasteiger partial charge >= 0.3 is 11.9 Å². The Morgan fingerprint density at radius 1 is 0.900 bits per heavy atom. The predicted octanol–water partition coefficient (Wildman–Crippen LogP) is 3.03. The van der Waals surface area contributed by atoms with Crippen LogP contribution in [-0.4, -0.2) is 52.7 Å². The number of carboxylic acids is 2. The van der Waals surface area contributed by atoms with Crippen molar-refractivity contribution in [2.45, 2.75) is 45.1 Å². The summed E-state index contributed by atoms with van der Waals surface area (Å²) in [4.78, 5) is 37.5. The average molecular weight is 418 g/mol. The van der Waals surface area contributed by atoms with Gasteiger partial charge in [0.2, 0.25) is 5.91 Å². The van der Waals surface area contributed by atoms with E-state index in [-0.39, 0.29) is 48.8 Å². The van der Waals surface area contributed by atoms with Gasteiger partial charge in [-0.25, -0.2) is 0 Å². The lowest BCUT2D eigenvalue weighted by molar-refractivity contribution is -0.140. The van der Waals surface area contributed by atoms with Gasteiger partial charge in [-0.05, 0) is 48.5 Å². The van der Waals surface area contributed by atoms with E-state index < -0.39 is 11.9 Å². The molecule has 3 rings (SSSR count). The number of rotatable bonds is 10. The van der Waals surface area contributed by atoms with E-state index in [0.717, 1.165) is 31.5 Å². The molecule has 1 saturated heterocycles. The maximum absolute atomic E-state index is 12.8. The smallest absolute Gasteiger partial charge is 0.303 e. The highest BCUT2D eigenvalue weighted by atomic mass is 16.5. The molecular formula is C23H31NO6. The molecule has 164 valence electrons. The van der Waals surface area contributed by atoms with Gasteiger partial charge in [-0.2, -0.15) is 0 Å². The first-order chi connectivity index (χ1) is 14.4. The number of likely N-dealkylation sites (tertiary alicyclic amines) is 1. The maximum atomic E-state index is 12.8. The van der Waals surface area contributed by atoms with Crippen molar-refractivity contribution in [2.75, 3.05) is 19.7 Å². The van der Waals surface area contributed by atoms with E-state index in [1.165, 1.54) is 0 Å². The van der Waals surface area contributed by atoms with Gasteiger partial charge in [0, 0.05) is 32.4 Å². The van der Waals surface area contributed by atoms with Crippen LogP contribution in [0.1, 0.15) is 44.1 Å². The molecule has 2 fully saturated rings. The zero-order valence-electron chi connectivity index (χ0n) is 17.2. The van der Waals surface area contributed by atoms with Crippen LogP contribution in [0.4, 0.5) is 0 Å². The molecule has 7 heteroatoms. The molecule has 2 aliphatic rings. The van der Waals surface area contributed by atoms with Gasteiger partial charge in [0.05, 0.1) is 13.2 Å². The topological polar surface area (TPSA) is 104 Å². The van der Waals surface area contributed by atoms with Gasteiger partial charge in [-0.15, -0.1) is 0 Å². The van der Waals surface area contributed by atoms with Gasteiger partial charge in [-0.1, -0.05) is 30.3 Å². The fourth-order valence-corrected chi connectivity index (χ4v) is 5.12. The maximum Gasteiger partial charge on any atom is 0.303 e. The van der Waals surface area contributed by atoms with Crippen molar-refractivity contribution in [1.82, 2.24) is 4.90 Å². The second-order valence-corrected chi connectivity index (χ2v) is 8.57. The molecule has 0 radical (unpaired) electrons. The van der Waals surface area contributed by atoms with E-state index in [2.05, 4.69) is 0 Å². The number of aliphatic carboxylic acids is 2. The molecule has 2 N–H and O–H groups in total. The van der Waals surface area contributed by atoms with Crippen molar-refractivity contribution in [3.05, 3.63) is 35.9 Å². The van der Waals surface area contributed by atoms with Crippen LogP contribution in [0, 0.1) is 23.7 Å². The second kappa shape index (κ2) is 10.6. The van der Waals surface area contributed by atoms with Crippen molar-refractivity contribution in [2.24, 2.45) is 23.7 Å². The van der Waals surface area contributed by atoms with E-state index in [0.29, 0.717) is 19.6 Å². The van der Waals surface area contributed by atoms with Crippen LogP contribution < -0.4 is 0 Å². The molecule has 1 aliphatic carbocycles. The van der Waals surface area contributed by atoms with Crippen LogP contribution in [0.25, 0.3) is 0 Å². The van der Waals surface area contributed by atoms with Crippen LogP contribution in [0.15, 0.2) is 30.3 Å². The zero-order chi connectivity index (χ0) is 21.5. The molecule has 4 atom stereocenters. The summed E-state index contributed by atoms with van der Waals surface area (Å²) in [5.41, 5.74) is 1.03. The Bertz CT molecular complexity index is 730. The molecule has 1 amide bonds. The van der Waals surface area contributed by atoms with Gasteiger partial charge in [0.1, 0.15) is 0 Å². The van der Waals surface area contributed by atoms with E-state index in [1.807, 2.05) is 35.2 Å². The lowest BCUT2D eigenvalue weighted by Gasteiger charge is -2.28. The summed E-state index contributed by atoms with van der Waals surface area (Å²) in [5, 5.41) is 18.7. The number of carbonyl (C=O) groups excluding carboxylic acids is 1. The van der Waals surface area contributed by atoms with E-state index in [1.54, 1.807) is 0 Å². The highest BCUT2D eigenvalue weighted by molar-refractivity contribution is 5.77. The summed E-state index contributed by atoms with van der Waals surface area (Å²) in [6, 6.07) is 9.72.